The molecule has 3 rings (SSSR count). The molecule has 2 heterocycles. The Morgan fingerprint density at radius 2 is 2.04 bits per heavy atom. The Labute approximate surface area is 148 Å². The molecule has 1 saturated heterocycles. The van der Waals surface area contributed by atoms with Gasteiger partial charge in [-0.2, -0.15) is 0 Å². The van der Waals surface area contributed by atoms with Gasteiger partial charge in [0, 0.05) is 6.04 Å². The van der Waals surface area contributed by atoms with Crippen LogP contribution in [0.4, 0.5) is 0 Å². The van der Waals surface area contributed by atoms with Crippen LogP contribution in [-0.2, 0) is 14.6 Å². The third-order valence-electron chi connectivity index (χ3n) is 4.67. The number of rotatable bonds is 5. The molecule has 1 amide bonds. The summed E-state index contributed by atoms with van der Waals surface area (Å²) in [5.74, 6) is 1.62. The Hall–Kier alpha value is -1.80. The highest BCUT2D eigenvalue weighted by Gasteiger charge is 2.31. The van der Waals surface area contributed by atoms with Gasteiger partial charge in [0.25, 0.3) is 0 Å². The van der Waals surface area contributed by atoms with Gasteiger partial charge in [-0.25, -0.2) is 8.42 Å². The average Bonchev–Trinajstić information content (AvgIpc) is 2.94. The van der Waals surface area contributed by atoms with Crippen LogP contribution in [0.15, 0.2) is 18.2 Å². The van der Waals surface area contributed by atoms with Gasteiger partial charge in [0.05, 0.1) is 24.1 Å². The van der Waals surface area contributed by atoms with Crippen LogP contribution in [-0.4, -0.2) is 63.6 Å². The van der Waals surface area contributed by atoms with Gasteiger partial charge in [0.2, 0.25) is 5.91 Å². The Kier molecular flexibility index (Phi) is 5.19. The molecule has 0 aliphatic carbocycles. The zero-order valence-electron chi connectivity index (χ0n) is 14.5. The minimum Gasteiger partial charge on any atom is -0.486 e. The first-order valence-corrected chi connectivity index (χ1v) is 10.3. The quantitative estimate of drug-likeness (QED) is 0.826. The highest BCUT2D eigenvalue weighted by atomic mass is 32.2. The average molecular weight is 368 g/mol. The van der Waals surface area contributed by atoms with Crippen LogP contribution in [0.1, 0.15) is 24.9 Å². The SMILES string of the molecule is CC(NC(=O)CN(C)C1CCS(=O)(=O)C1)c1ccc2c(c1)OCCO2. The van der Waals surface area contributed by atoms with E-state index in [1.54, 1.807) is 7.05 Å². The van der Waals surface area contributed by atoms with Crippen LogP contribution in [0.3, 0.4) is 0 Å². The van der Waals surface area contributed by atoms with Crippen LogP contribution < -0.4 is 14.8 Å². The summed E-state index contributed by atoms with van der Waals surface area (Å²) in [6.45, 7) is 3.15. The maximum Gasteiger partial charge on any atom is 0.234 e. The Morgan fingerprint density at radius 1 is 1.32 bits per heavy atom. The fourth-order valence-electron chi connectivity index (χ4n) is 3.18. The maximum atomic E-state index is 12.3. The highest BCUT2D eigenvalue weighted by molar-refractivity contribution is 7.91. The van der Waals surface area contributed by atoms with Crippen molar-refractivity contribution in [3.8, 4) is 11.5 Å². The van der Waals surface area contributed by atoms with Crippen molar-refractivity contribution >= 4 is 15.7 Å². The second kappa shape index (κ2) is 7.21. The van der Waals surface area contributed by atoms with Crippen LogP contribution in [0.25, 0.3) is 0 Å². The van der Waals surface area contributed by atoms with Crippen molar-refractivity contribution in [3.05, 3.63) is 23.8 Å². The number of likely N-dealkylation sites (N-methyl/N-ethyl adjacent to an activating group) is 1. The van der Waals surface area contributed by atoms with Crippen LogP contribution >= 0.6 is 0 Å². The number of hydrogen-bond donors (Lipinski definition) is 1. The van der Waals surface area contributed by atoms with Crippen molar-refractivity contribution in [1.29, 1.82) is 0 Å². The largest absolute Gasteiger partial charge is 0.486 e. The normalized spacial score (nSPS) is 22.6. The van der Waals surface area contributed by atoms with Gasteiger partial charge in [-0.3, -0.25) is 9.69 Å². The minimum absolute atomic E-state index is 0.0830. The van der Waals surface area contributed by atoms with E-state index in [-0.39, 0.29) is 36.0 Å². The summed E-state index contributed by atoms with van der Waals surface area (Å²) < 4.78 is 34.2. The first-order valence-electron chi connectivity index (χ1n) is 8.43. The molecule has 2 aliphatic rings. The van der Waals surface area contributed by atoms with E-state index < -0.39 is 9.84 Å². The molecule has 2 atom stereocenters. The lowest BCUT2D eigenvalue weighted by Crippen LogP contribution is -2.41. The van der Waals surface area contributed by atoms with Crippen molar-refractivity contribution in [2.45, 2.75) is 25.4 Å². The minimum atomic E-state index is -2.95. The summed E-state index contributed by atoms with van der Waals surface area (Å²) in [4.78, 5) is 14.1. The van der Waals surface area contributed by atoms with Crippen LogP contribution in [0, 0.1) is 0 Å². The summed E-state index contributed by atoms with van der Waals surface area (Å²) in [6, 6.07) is 5.38. The number of carbonyl (C=O) groups excluding carboxylic acids is 1. The summed E-state index contributed by atoms with van der Waals surface area (Å²) in [7, 11) is -1.16. The molecule has 2 aliphatic heterocycles. The topological polar surface area (TPSA) is 84.9 Å². The highest BCUT2D eigenvalue weighted by Crippen LogP contribution is 2.32. The van der Waals surface area contributed by atoms with E-state index in [9.17, 15) is 13.2 Å². The molecule has 7 nitrogen and oxygen atoms in total. The second-order valence-corrected chi connectivity index (χ2v) is 8.89. The van der Waals surface area contributed by atoms with Crippen molar-refractivity contribution in [3.63, 3.8) is 0 Å². The van der Waals surface area contributed by atoms with E-state index in [1.165, 1.54) is 0 Å². The van der Waals surface area contributed by atoms with Crippen molar-refractivity contribution < 1.29 is 22.7 Å². The molecule has 0 radical (unpaired) electrons. The molecule has 1 aromatic carbocycles. The first-order chi connectivity index (χ1) is 11.8. The summed E-state index contributed by atoms with van der Waals surface area (Å²) >= 11 is 0. The van der Waals surface area contributed by atoms with Crippen molar-refractivity contribution in [1.82, 2.24) is 10.2 Å². The number of amides is 1. The van der Waals surface area contributed by atoms with Gasteiger partial charge in [-0.05, 0) is 38.1 Å². The molecule has 1 aromatic rings. The predicted octanol–water partition coefficient (Wildman–Crippen LogP) is 0.754. The Balaban J connectivity index is 1.55. The third kappa shape index (κ3) is 4.43. The predicted molar refractivity (Wildman–Crippen MR) is 93.7 cm³/mol. The zero-order valence-corrected chi connectivity index (χ0v) is 15.3. The number of ether oxygens (including phenoxy) is 2. The molecular formula is C17H24N2O5S. The van der Waals surface area contributed by atoms with Crippen LogP contribution in [0.5, 0.6) is 11.5 Å². The fraction of sp³-hybridized carbons (Fsp3) is 0.588. The Bertz CT molecular complexity index is 749. The fourth-order valence-corrected chi connectivity index (χ4v) is 4.98. The smallest absolute Gasteiger partial charge is 0.234 e. The monoisotopic (exact) mass is 368 g/mol. The molecule has 0 spiro atoms. The summed E-state index contributed by atoms with van der Waals surface area (Å²) in [6.07, 6.45) is 0.587. The van der Waals surface area contributed by atoms with Gasteiger partial charge in [-0.15, -0.1) is 0 Å². The lowest BCUT2D eigenvalue weighted by molar-refractivity contribution is -0.123. The van der Waals surface area contributed by atoms with E-state index in [2.05, 4.69) is 5.32 Å². The van der Waals surface area contributed by atoms with Gasteiger partial charge in [0.15, 0.2) is 21.3 Å². The molecule has 8 heteroatoms. The van der Waals surface area contributed by atoms with E-state index in [0.29, 0.717) is 25.4 Å². The molecule has 0 bridgehead atoms. The van der Waals surface area contributed by atoms with Crippen molar-refractivity contribution in [2.75, 3.05) is 38.3 Å². The molecule has 0 aromatic heterocycles. The molecule has 0 saturated carbocycles. The van der Waals surface area contributed by atoms with Crippen LogP contribution in [0.2, 0.25) is 0 Å². The zero-order chi connectivity index (χ0) is 18.0. The van der Waals surface area contributed by atoms with Gasteiger partial charge in [0.1, 0.15) is 13.2 Å². The Morgan fingerprint density at radius 3 is 2.72 bits per heavy atom. The number of hydrogen-bond acceptors (Lipinski definition) is 6. The number of sulfone groups is 1. The summed E-state index contributed by atoms with van der Waals surface area (Å²) in [5, 5.41) is 2.95. The third-order valence-corrected chi connectivity index (χ3v) is 6.42. The number of benzene rings is 1. The van der Waals surface area contributed by atoms with Gasteiger partial charge in [-0.1, -0.05) is 6.07 Å². The van der Waals surface area contributed by atoms with E-state index in [4.69, 9.17) is 9.47 Å². The summed E-state index contributed by atoms with van der Waals surface area (Å²) in [5.41, 5.74) is 0.934. The number of nitrogens with zero attached hydrogens (tertiary/aromatic N) is 1. The van der Waals surface area contributed by atoms with Gasteiger partial charge < -0.3 is 14.8 Å². The lowest BCUT2D eigenvalue weighted by atomic mass is 10.1. The molecule has 25 heavy (non-hydrogen) atoms. The van der Waals surface area contributed by atoms with E-state index >= 15 is 0 Å². The van der Waals surface area contributed by atoms with E-state index in [0.717, 1.165) is 11.3 Å². The second-order valence-electron chi connectivity index (χ2n) is 6.66. The number of fused-ring (bicyclic) bond motifs is 1. The number of nitrogens with one attached hydrogen (secondary N) is 1. The molecular weight excluding hydrogens is 344 g/mol. The van der Waals surface area contributed by atoms with Gasteiger partial charge >= 0.3 is 0 Å². The van der Waals surface area contributed by atoms with E-state index in [1.807, 2.05) is 30.0 Å². The first kappa shape index (κ1) is 18.0. The molecule has 138 valence electrons. The molecule has 1 fully saturated rings. The number of carbonyl (C=O) groups is 1. The maximum absolute atomic E-state index is 12.3. The lowest BCUT2D eigenvalue weighted by Gasteiger charge is -2.24. The molecule has 1 N–H and O–H groups in total. The van der Waals surface area contributed by atoms with Crippen molar-refractivity contribution in [2.24, 2.45) is 0 Å². The standard InChI is InChI=1S/C17H24N2O5S/c1-12(13-3-4-15-16(9-13)24-7-6-23-15)18-17(20)10-19(2)14-5-8-25(21,22)11-14/h3-4,9,12,14H,5-8,10-11H2,1-2H3,(H,18,20). The molecule has 2 unspecified atom stereocenters.